The SMILES string of the molecule is COc1ccccc1SCC=CC(=O)O. The molecule has 4 heteroatoms. The number of carbonyl (C=O) groups is 1. The van der Waals surface area contributed by atoms with E-state index in [4.69, 9.17) is 9.84 Å². The molecular weight excluding hydrogens is 212 g/mol. The van der Waals surface area contributed by atoms with Crippen molar-refractivity contribution in [1.82, 2.24) is 0 Å². The van der Waals surface area contributed by atoms with E-state index in [1.165, 1.54) is 11.8 Å². The quantitative estimate of drug-likeness (QED) is 0.616. The molecule has 0 saturated heterocycles. The highest BCUT2D eigenvalue weighted by molar-refractivity contribution is 7.99. The fourth-order valence-electron chi connectivity index (χ4n) is 1.02. The molecule has 15 heavy (non-hydrogen) atoms. The Hall–Kier alpha value is -1.42. The Balaban J connectivity index is 2.53. The second kappa shape index (κ2) is 6.14. The van der Waals surface area contributed by atoms with Gasteiger partial charge in [-0.15, -0.1) is 11.8 Å². The van der Waals surface area contributed by atoms with Gasteiger partial charge in [0.25, 0.3) is 0 Å². The van der Waals surface area contributed by atoms with Gasteiger partial charge in [0.1, 0.15) is 5.75 Å². The summed E-state index contributed by atoms with van der Waals surface area (Å²) in [4.78, 5) is 11.2. The largest absolute Gasteiger partial charge is 0.496 e. The predicted molar refractivity (Wildman–Crippen MR) is 60.5 cm³/mol. The Labute approximate surface area is 92.8 Å². The van der Waals surface area contributed by atoms with Crippen molar-refractivity contribution in [2.75, 3.05) is 12.9 Å². The Bertz CT molecular complexity index is 361. The predicted octanol–water partition coefficient (Wildman–Crippen LogP) is 2.43. The average molecular weight is 224 g/mol. The van der Waals surface area contributed by atoms with Crippen LogP contribution in [0.1, 0.15) is 0 Å². The lowest BCUT2D eigenvalue weighted by Gasteiger charge is -2.05. The fourth-order valence-corrected chi connectivity index (χ4v) is 1.87. The van der Waals surface area contributed by atoms with Crippen molar-refractivity contribution >= 4 is 17.7 Å². The van der Waals surface area contributed by atoms with E-state index >= 15 is 0 Å². The van der Waals surface area contributed by atoms with E-state index in [9.17, 15) is 4.79 Å². The topological polar surface area (TPSA) is 46.5 Å². The van der Waals surface area contributed by atoms with E-state index in [0.717, 1.165) is 16.7 Å². The molecule has 1 aromatic carbocycles. The molecule has 0 unspecified atom stereocenters. The van der Waals surface area contributed by atoms with Crippen LogP contribution < -0.4 is 4.74 Å². The smallest absolute Gasteiger partial charge is 0.328 e. The summed E-state index contributed by atoms with van der Waals surface area (Å²) in [7, 11) is 1.62. The van der Waals surface area contributed by atoms with Crippen LogP contribution in [0.2, 0.25) is 0 Å². The Morgan fingerprint density at radius 1 is 1.53 bits per heavy atom. The third-order valence-corrected chi connectivity index (χ3v) is 2.67. The number of methoxy groups -OCH3 is 1. The molecule has 1 aromatic rings. The van der Waals surface area contributed by atoms with Gasteiger partial charge in [0, 0.05) is 16.7 Å². The molecule has 80 valence electrons. The van der Waals surface area contributed by atoms with Gasteiger partial charge >= 0.3 is 5.97 Å². The molecule has 0 aliphatic carbocycles. The van der Waals surface area contributed by atoms with Gasteiger partial charge in [-0.3, -0.25) is 0 Å². The zero-order valence-electron chi connectivity index (χ0n) is 8.34. The van der Waals surface area contributed by atoms with Gasteiger partial charge in [-0.25, -0.2) is 4.79 Å². The van der Waals surface area contributed by atoms with E-state index in [1.54, 1.807) is 13.2 Å². The number of aliphatic carboxylic acids is 1. The van der Waals surface area contributed by atoms with Crippen LogP contribution in [0.4, 0.5) is 0 Å². The molecule has 0 amide bonds. The van der Waals surface area contributed by atoms with Crippen molar-refractivity contribution in [3.8, 4) is 5.75 Å². The van der Waals surface area contributed by atoms with Gasteiger partial charge < -0.3 is 9.84 Å². The van der Waals surface area contributed by atoms with Crippen LogP contribution in [-0.4, -0.2) is 23.9 Å². The van der Waals surface area contributed by atoms with E-state index < -0.39 is 5.97 Å². The maximum absolute atomic E-state index is 10.2. The molecule has 0 bridgehead atoms. The fraction of sp³-hybridized carbons (Fsp3) is 0.182. The van der Waals surface area contributed by atoms with E-state index in [2.05, 4.69) is 0 Å². The van der Waals surface area contributed by atoms with Crippen molar-refractivity contribution in [2.45, 2.75) is 4.90 Å². The standard InChI is InChI=1S/C11H12O3S/c1-14-9-5-2-3-6-10(9)15-8-4-7-11(12)13/h2-7H,8H2,1H3,(H,12,13). The molecule has 1 rings (SSSR count). The number of hydrogen-bond acceptors (Lipinski definition) is 3. The molecule has 0 aliphatic heterocycles. The highest BCUT2D eigenvalue weighted by Gasteiger charge is 2.00. The van der Waals surface area contributed by atoms with Crippen molar-refractivity contribution in [2.24, 2.45) is 0 Å². The summed E-state index contributed by atoms with van der Waals surface area (Å²) in [6.45, 7) is 0. The third kappa shape index (κ3) is 4.08. The second-order valence-corrected chi connectivity index (χ2v) is 3.76. The van der Waals surface area contributed by atoms with Crippen LogP contribution in [0, 0.1) is 0 Å². The number of benzene rings is 1. The maximum Gasteiger partial charge on any atom is 0.328 e. The summed E-state index contributed by atoms with van der Waals surface area (Å²) in [5, 5.41) is 8.39. The van der Waals surface area contributed by atoms with Crippen LogP contribution >= 0.6 is 11.8 Å². The summed E-state index contributed by atoms with van der Waals surface area (Å²) < 4.78 is 5.16. The molecule has 0 atom stereocenters. The molecule has 0 aromatic heterocycles. The van der Waals surface area contributed by atoms with Gasteiger partial charge in [-0.2, -0.15) is 0 Å². The van der Waals surface area contributed by atoms with Crippen molar-refractivity contribution < 1.29 is 14.6 Å². The number of ether oxygens (including phenoxy) is 1. The second-order valence-electron chi connectivity index (χ2n) is 2.70. The van der Waals surface area contributed by atoms with Crippen LogP contribution in [0.25, 0.3) is 0 Å². The number of carboxylic acid groups (broad SMARTS) is 1. The molecule has 0 spiro atoms. The molecule has 3 nitrogen and oxygen atoms in total. The molecule has 0 aliphatic rings. The minimum atomic E-state index is -0.921. The lowest BCUT2D eigenvalue weighted by atomic mass is 10.3. The first-order valence-electron chi connectivity index (χ1n) is 4.39. The summed E-state index contributed by atoms with van der Waals surface area (Å²) >= 11 is 1.54. The first-order valence-corrected chi connectivity index (χ1v) is 5.38. The Kier molecular flexibility index (Phi) is 4.77. The zero-order valence-corrected chi connectivity index (χ0v) is 9.16. The number of thioether (sulfide) groups is 1. The highest BCUT2D eigenvalue weighted by Crippen LogP contribution is 2.28. The van der Waals surface area contributed by atoms with E-state index in [0.29, 0.717) is 5.75 Å². The van der Waals surface area contributed by atoms with Crippen molar-refractivity contribution in [1.29, 1.82) is 0 Å². The third-order valence-electron chi connectivity index (χ3n) is 1.66. The summed E-state index contributed by atoms with van der Waals surface area (Å²) in [5.74, 6) is 0.508. The lowest BCUT2D eigenvalue weighted by molar-refractivity contribution is -0.131. The summed E-state index contributed by atoms with van der Waals surface area (Å²) in [6.07, 6.45) is 2.75. The van der Waals surface area contributed by atoms with Gasteiger partial charge in [-0.1, -0.05) is 18.2 Å². The molecule has 1 N–H and O–H groups in total. The van der Waals surface area contributed by atoms with Gasteiger partial charge in [-0.05, 0) is 12.1 Å². The summed E-state index contributed by atoms with van der Waals surface area (Å²) in [5.41, 5.74) is 0. The molecule has 0 heterocycles. The first kappa shape index (κ1) is 11.7. The monoisotopic (exact) mass is 224 g/mol. The summed E-state index contributed by atoms with van der Waals surface area (Å²) in [6, 6.07) is 7.64. The van der Waals surface area contributed by atoms with E-state index in [-0.39, 0.29) is 0 Å². The molecule has 0 saturated carbocycles. The molecular formula is C11H12O3S. The maximum atomic E-state index is 10.2. The molecule has 0 radical (unpaired) electrons. The number of rotatable bonds is 5. The van der Waals surface area contributed by atoms with Crippen LogP contribution in [0.15, 0.2) is 41.3 Å². The van der Waals surface area contributed by atoms with Crippen molar-refractivity contribution in [3.05, 3.63) is 36.4 Å². The van der Waals surface area contributed by atoms with Gasteiger partial charge in [0.15, 0.2) is 0 Å². The Morgan fingerprint density at radius 2 is 2.27 bits per heavy atom. The van der Waals surface area contributed by atoms with Crippen LogP contribution in [-0.2, 0) is 4.79 Å². The molecule has 0 fully saturated rings. The number of carboxylic acids is 1. The lowest BCUT2D eigenvalue weighted by Crippen LogP contribution is -1.88. The van der Waals surface area contributed by atoms with Gasteiger partial charge in [0.2, 0.25) is 0 Å². The highest BCUT2D eigenvalue weighted by atomic mass is 32.2. The van der Waals surface area contributed by atoms with Crippen LogP contribution in [0.3, 0.4) is 0 Å². The number of para-hydroxylation sites is 1. The normalized spacial score (nSPS) is 10.5. The minimum Gasteiger partial charge on any atom is -0.496 e. The zero-order chi connectivity index (χ0) is 11.1. The van der Waals surface area contributed by atoms with Crippen molar-refractivity contribution in [3.63, 3.8) is 0 Å². The Morgan fingerprint density at radius 3 is 2.93 bits per heavy atom. The van der Waals surface area contributed by atoms with Crippen LogP contribution in [0.5, 0.6) is 5.75 Å². The minimum absolute atomic E-state index is 0.618. The van der Waals surface area contributed by atoms with Gasteiger partial charge in [0.05, 0.1) is 7.11 Å². The average Bonchev–Trinajstić information content (AvgIpc) is 2.24. The number of hydrogen-bond donors (Lipinski definition) is 1. The first-order chi connectivity index (χ1) is 7.24. The van der Waals surface area contributed by atoms with E-state index in [1.807, 2.05) is 24.3 Å².